The van der Waals surface area contributed by atoms with Crippen LogP contribution in [-0.2, 0) is 4.79 Å². The molecule has 4 heteroatoms. The summed E-state index contributed by atoms with van der Waals surface area (Å²) < 4.78 is 0. The zero-order valence-corrected chi connectivity index (χ0v) is 9.69. The molecule has 0 fully saturated rings. The van der Waals surface area contributed by atoms with Crippen LogP contribution in [0.2, 0.25) is 5.02 Å². The fourth-order valence-corrected chi connectivity index (χ4v) is 0.838. The van der Waals surface area contributed by atoms with Crippen molar-refractivity contribution in [3.8, 4) is 0 Å². The topological polar surface area (TPSA) is 53.1 Å². The number of aliphatic carboxylic acids is 1. The summed E-state index contributed by atoms with van der Waals surface area (Å²) in [7, 11) is 0. The lowest BCUT2D eigenvalue weighted by molar-refractivity contribution is -0.134. The second-order valence-corrected chi connectivity index (χ2v) is 3.14. The molecule has 0 bridgehead atoms. The molecule has 1 aromatic heterocycles. The predicted octanol–water partition coefficient (Wildman–Crippen LogP) is 3.45. The number of aromatic nitrogens is 1. The second kappa shape index (κ2) is 9.80. The van der Waals surface area contributed by atoms with Crippen LogP contribution in [0.4, 0.5) is 0 Å². The van der Waals surface area contributed by atoms with Crippen molar-refractivity contribution in [3.63, 3.8) is 0 Å². The summed E-state index contributed by atoms with van der Waals surface area (Å²) in [4.78, 5) is 11.9. The molecule has 1 heterocycles. The van der Waals surface area contributed by atoms with Crippen LogP contribution >= 0.6 is 11.6 Å². The van der Waals surface area contributed by atoms with E-state index in [0.717, 1.165) is 11.9 Å². The summed E-state index contributed by atoms with van der Waals surface area (Å²) in [6.07, 6.45) is 3.75. The number of benzene rings is 1. The Labute approximate surface area is 99.7 Å². The number of hydrogen-bond donors (Lipinski definition) is 2. The molecule has 0 aliphatic heterocycles. The van der Waals surface area contributed by atoms with E-state index >= 15 is 0 Å². The Bertz CT molecular complexity index is 339. The number of rotatable bonds is 0. The first-order valence-electron chi connectivity index (χ1n) is 4.60. The first kappa shape index (κ1) is 14.3. The quantitative estimate of drug-likeness (QED) is 0.740. The Balaban J connectivity index is 0.000000222. The largest absolute Gasteiger partial charge is 0.481 e. The van der Waals surface area contributed by atoms with Gasteiger partial charge < -0.3 is 10.1 Å². The standard InChI is InChI=1S/C6H5Cl.C4H5N.C2H4O2/c7-6-4-2-1-3-5-6;1-2-4-5-3-1;1-2(3)4/h1-5H;1-5H;1H3,(H,3,4). The van der Waals surface area contributed by atoms with E-state index in [4.69, 9.17) is 21.5 Å². The average Bonchev–Trinajstić information content (AvgIpc) is 2.75. The fraction of sp³-hybridized carbons (Fsp3) is 0.0833. The van der Waals surface area contributed by atoms with Crippen LogP contribution in [0.5, 0.6) is 0 Å². The molecule has 3 nitrogen and oxygen atoms in total. The van der Waals surface area contributed by atoms with Crippen molar-refractivity contribution in [1.29, 1.82) is 0 Å². The van der Waals surface area contributed by atoms with Gasteiger partial charge in [0.1, 0.15) is 0 Å². The van der Waals surface area contributed by atoms with E-state index in [2.05, 4.69) is 4.98 Å². The third-order valence-electron chi connectivity index (χ3n) is 1.23. The molecule has 0 unspecified atom stereocenters. The zero-order chi connectivity index (χ0) is 12.2. The van der Waals surface area contributed by atoms with Crippen molar-refractivity contribution in [2.45, 2.75) is 6.92 Å². The van der Waals surface area contributed by atoms with Crippen LogP contribution in [0.25, 0.3) is 0 Å². The van der Waals surface area contributed by atoms with E-state index < -0.39 is 5.97 Å². The Morgan fingerprint density at radius 2 is 1.56 bits per heavy atom. The number of halogens is 1. The molecule has 0 aliphatic rings. The van der Waals surface area contributed by atoms with Gasteiger partial charge >= 0.3 is 0 Å². The lowest BCUT2D eigenvalue weighted by atomic mass is 10.4. The predicted molar refractivity (Wildman–Crippen MR) is 65.6 cm³/mol. The lowest BCUT2D eigenvalue weighted by Gasteiger charge is -1.80. The molecule has 0 saturated carbocycles. The minimum atomic E-state index is -0.833. The van der Waals surface area contributed by atoms with E-state index in [1.807, 2.05) is 54.9 Å². The van der Waals surface area contributed by atoms with Crippen molar-refractivity contribution >= 4 is 17.6 Å². The molecule has 2 aromatic rings. The molecular weight excluding hydrogens is 226 g/mol. The maximum atomic E-state index is 9.00. The van der Waals surface area contributed by atoms with Gasteiger partial charge in [-0.3, -0.25) is 4.79 Å². The number of H-pyrrole nitrogens is 1. The molecule has 0 saturated heterocycles. The first-order chi connectivity index (χ1) is 7.63. The second-order valence-electron chi connectivity index (χ2n) is 2.70. The van der Waals surface area contributed by atoms with E-state index in [1.54, 1.807) is 0 Å². The SMILES string of the molecule is CC(=O)O.Clc1ccccc1.c1cc[nH]c1. The molecule has 2 N–H and O–H groups in total. The van der Waals surface area contributed by atoms with E-state index in [-0.39, 0.29) is 0 Å². The minimum Gasteiger partial charge on any atom is -0.481 e. The van der Waals surface area contributed by atoms with Gasteiger partial charge in [0.15, 0.2) is 0 Å². The number of carbonyl (C=O) groups is 1. The van der Waals surface area contributed by atoms with Gasteiger partial charge in [-0.1, -0.05) is 29.8 Å². The molecule has 0 radical (unpaired) electrons. The lowest BCUT2D eigenvalue weighted by Crippen LogP contribution is -1.78. The summed E-state index contributed by atoms with van der Waals surface area (Å²) in [5, 5.41) is 8.21. The Hall–Kier alpha value is -1.74. The molecule has 0 aliphatic carbocycles. The first-order valence-corrected chi connectivity index (χ1v) is 4.98. The van der Waals surface area contributed by atoms with Gasteiger partial charge in [-0.15, -0.1) is 0 Å². The fourth-order valence-electron chi connectivity index (χ4n) is 0.692. The van der Waals surface area contributed by atoms with Crippen molar-refractivity contribution in [3.05, 3.63) is 59.9 Å². The summed E-state index contributed by atoms with van der Waals surface area (Å²) >= 11 is 5.54. The van der Waals surface area contributed by atoms with Crippen LogP contribution in [0.15, 0.2) is 54.9 Å². The summed E-state index contributed by atoms with van der Waals surface area (Å²) in [5.41, 5.74) is 0. The highest BCUT2D eigenvalue weighted by Crippen LogP contribution is 2.03. The third kappa shape index (κ3) is 12.3. The molecule has 86 valence electrons. The maximum Gasteiger partial charge on any atom is 0.300 e. The third-order valence-corrected chi connectivity index (χ3v) is 1.48. The van der Waals surface area contributed by atoms with Crippen LogP contribution in [-0.4, -0.2) is 16.1 Å². The number of carboxylic acids is 1. The molecule has 16 heavy (non-hydrogen) atoms. The highest BCUT2D eigenvalue weighted by Gasteiger charge is 1.74. The van der Waals surface area contributed by atoms with Crippen LogP contribution in [0.1, 0.15) is 6.92 Å². The van der Waals surface area contributed by atoms with Crippen molar-refractivity contribution < 1.29 is 9.90 Å². The Morgan fingerprint density at radius 3 is 1.75 bits per heavy atom. The summed E-state index contributed by atoms with van der Waals surface area (Å²) in [6.45, 7) is 1.08. The van der Waals surface area contributed by atoms with Gasteiger partial charge in [0.05, 0.1) is 0 Å². The number of hydrogen-bond acceptors (Lipinski definition) is 1. The van der Waals surface area contributed by atoms with Crippen molar-refractivity contribution in [1.82, 2.24) is 4.98 Å². The van der Waals surface area contributed by atoms with Gasteiger partial charge in [0, 0.05) is 24.3 Å². The van der Waals surface area contributed by atoms with Gasteiger partial charge in [-0.05, 0) is 24.3 Å². The molecule has 0 spiro atoms. The Morgan fingerprint density at radius 1 is 1.12 bits per heavy atom. The molecule has 2 rings (SSSR count). The number of carboxylic acid groups (broad SMARTS) is 1. The van der Waals surface area contributed by atoms with Crippen LogP contribution in [0, 0.1) is 0 Å². The van der Waals surface area contributed by atoms with E-state index in [0.29, 0.717) is 0 Å². The monoisotopic (exact) mass is 239 g/mol. The smallest absolute Gasteiger partial charge is 0.300 e. The van der Waals surface area contributed by atoms with E-state index in [1.165, 1.54) is 0 Å². The van der Waals surface area contributed by atoms with Crippen LogP contribution < -0.4 is 0 Å². The number of aromatic amines is 1. The van der Waals surface area contributed by atoms with Gasteiger partial charge in [0.2, 0.25) is 0 Å². The summed E-state index contributed by atoms with van der Waals surface area (Å²) in [5.74, 6) is -0.833. The van der Waals surface area contributed by atoms with Crippen molar-refractivity contribution in [2.75, 3.05) is 0 Å². The van der Waals surface area contributed by atoms with Gasteiger partial charge in [0.25, 0.3) is 5.97 Å². The number of nitrogens with one attached hydrogen (secondary N) is 1. The van der Waals surface area contributed by atoms with Gasteiger partial charge in [-0.25, -0.2) is 0 Å². The normalized spacial score (nSPS) is 7.88. The zero-order valence-electron chi connectivity index (χ0n) is 8.93. The molecule has 0 amide bonds. The molecule has 1 aromatic carbocycles. The van der Waals surface area contributed by atoms with Crippen molar-refractivity contribution in [2.24, 2.45) is 0 Å². The van der Waals surface area contributed by atoms with E-state index in [9.17, 15) is 0 Å². The summed E-state index contributed by atoms with van der Waals surface area (Å²) in [6, 6.07) is 13.3. The Kier molecular flexibility index (Phi) is 8.74. The molecular formula is C12H14ClNO2. The molecule has 0 atom stereocenters. The highest BCUT2D eigenvalue weighted by molar-refractivity contribution is 6.30. The van der Waals surface area contributed by atoms with Gasteiger partial charge in [-0.2, -0.15) is 0 Å². The minimum absolute atomic E-state index is 0.794. The maximum absolute atomic E-state index is 9.00. The van der Waals surface area contributed by atoms with Crippen LogP contribution in [0.3, 0.4) is 0 Å². The highest BCUT2D eigenvalue weighted by atomic mass is 35.5. The average molecular weight is 240 g/mol.